The molecular weight excluding hydrogens is 374 g/mol. The molecule has 0 aliphatic carbocycles. The fraction of sp³-hybridized carbons (Fsp3) is 0.0769. The molecule has 1 amide bonds. The number of hydrogen-bond acceptors (Lipinski definition) is 3. The van der Waals surface area contributed by atoms with E-state index in [1.54, 1.807) is 19.1 Å². The number of carbonyl (C=O) groups is 1. The van der Waals surface area contributed by atoms with Gasteiger partial charge >= 0.3 is 0 Å². The van der Waals surface area contributed by atoms with Crippen molar-refractivity contribution in [1.82, 2.24) is 4.98 Å². The van der Waals surface area contributed by atoms with Crippen LogP contribution in [0.25, 0.3) is 0 Å². The van der Waals surface area contributed by atoms with Gasteiger partial charge in [0.25, 0.3) is 5.91 Å². The number of amides is 1. The number of nitrogen functional groups attached to an aromatic ring is 1. The topological polar surface area (TPSA) is 68.0 Å². The average Bonchev–Trinajstić information content (AvgIpc) is 2.32. The van der Waals surface area contributed by atoms with Gasteiger partial charge in [0.05, 0.1) is 5.69 Å². The Morgan fingerprint density at radius 2 is 2.00 bits per heavy atom. The molecule has 1 aromatic heterocycles. The molecule has 2 rings (SSSR count). The molecule has 1 aromatic carbocycles. The third-order valence-electron chi connectivity index (χ3n) is 2.41. The van der Waals surface area contributed by atoms with Crippen LogP contribution in [0.5, 0.6) is 0 Å². The molecule has 0 bridgehead atoms. The summed E-state index contributed by atoms with van der Waals surface area (Å²) in [5.41, 5.74) is 7.51. The molecule has 3 N–H and O–H groups in total. The van der Waals surface area contributed by atoms with E-state index in [4.69, 9.17) is 5.73 Å². The lowest BCUT2D eigenvalue weighted by molar-refractivity contribution is 0.102. The first-order valence-electron chi connectivity index (χ1n) is 5.46. The summed E-state index contributed by atoms with van der Waals surface area (Å²) in [4.78, 5) is 16.2. The van der Waals surface area contributed by atoms with E-state index in [-0.39, 0.29) is 5.91 Å². The van der Waals surface area contributed by atoms with Crippen molar-refractivity contribution in [2.24, 2.45) is 0 Å². The smallest absolute Gasteiger partial charge is 0.255 e. The van der Waals surface area contributed by atoms with Crippen molar-refractivity contribution in [2.45, 2.75) is 6.92 Å². The standard InChI is InChI=1S/C13H11Br2N3O/c1-7-4-8(5-12(16)17-7)13(19)18-11-6-9(14)2-3-10(11)15/h2-6H,1H3,(H2,16,17)(H,18,19). The summed E-state index contributed by atoms with van der Waals surface area (Å²) in [5.74, 6) is 0.106. The molecule has 0 fully saturated rings. The minimum Gasteiger partial charge on any atom is -0.384 e. The molecule has 0 spiro atoms. The molecule has 0 aliphatic heterocycles. The summed E-state index contributed by atoms with van der Waals surface area (Å²) in [6.45, 7) is 1.79. The molecule has 19 heavy (non-hydrogen) atoms. The predicted octanol–water partition coefficient (Wildman–Crippen LogP) is 3.75. The van der Waals surface area contributed by atoms with Crippen LogP contribution in [0.15, 0.2) is 39.3 Å². The SMILES string of the molecule is Cc1cc(C(=O)Nc2cc(Br)ccc2Br)cc(N)n1. The third kappa shape index (κ3) is 3.54. The van der Waals surface area contributed by atoms with Crippen molar-refractivity contribution in [3.05, 3.63) is 50.5 Å². The Labute approximate surface area is 127 Å². The van der Waals surface area contributed by atoms with E-state index in [0.29, 0.717) is 22.8 Å². The second-order valence-electron chi connectivity index (χ2n) is 4.00. The number of nitrogens with two attached hydrogens (primary N) is 1. The molecule has 4 nitrogen and oxygen atoms in total. The zero-order valence-electron chi connectivity index (χ0n) is 10.1. The number of nitrogens with zero attached hydrogens (tertiary/aromatic N) is 1. The first-order chi connectivity index (χ1) is 8.95. The highest BCUT2D eigenvalue weighted by Crippen LogP contribution is 2.26. The Hall–Kier alpha value is -1.40. The average molecular weight is 385 g/mol. The van der Waals surface area contributed by atoms with Crippen LogP contribution < -0.4 is 11.1 Å². The second kappa shape index (κ2) is 5.71. The van der Waals surface area contributed by atoms with Crippen LogP contribution in [-0.4, -0.2) is 10.9 Å². The molecule has 0 radical (unpaired) electrons. The maximum absolute atomic E-state index is 12.2. The normalized spacial score (nSPS) is 10.3. The first-order valence-corrected chi connectivity index (χ1v) is 7.05. The summed E-state index contributed by atoms with van der Waals surface area (Å²) in [6, 6.07) is 8.80. The van der Waals surface area contributed by atoms with Gasteiger partial charge in [0.15, 0.2) is 0 Å². The highest BCUT2D eigenvalue weighted by Gasteiger charge is 2.10. The summed E-state index contributed by atoms with van der Waals surface area (Å²) in [6.07, 6.45) is 0. The van der Waals surface area contributed by atoms with Crippen LogP contribution in [0.4, 0.5) is 11.5 Å². The maximum Gasteiger partial charge on any atom is 0.255 e. The van der Waals surface area contributed by atoms with Crippen LogP contribution >= 0.6 is 31.9 Å². The van der Waals surface area contributed by atoms with E-state index in [9.17, 15) is 4.79 Å². The number of carbonyl (C=O) groups excluding carboxylic acids is 1. The van der Waals surface area contributed by atoms with Crippen LogP contribution in [0.1, 0.15) is 16.1 Å². The highest BCUT2D eigenvalue weighted by atomic mass is 79.9. The Balaban J connectivity index is 2.28. The van der Waals surface area contributed by atoms with Crippen LogP contribution in [0.3, 0.4) is 0 Å². The molecule has 0 unspecified atom stereocenters. The molecule has 2 aromatic rings. The van der Waals surface area contributed by atoms with Gasteiger partial charge in [-0.15, -0.1) is 0 Å². The van der Waals surface area contributed by atoms with E-state index in [1.807, 2.05) is 18.2 Å². The lowest BCUT2D eigenvalue weighted by Gasteiger charge is -2.09. The largest absolute Gasteiger partial charge is 0.384 e. The van der Waals surface area contributed by atoms with E-state index in [2.05, 4.69) is 42.2 Å². The van der Waals surface area contributed by atoms with Crippen molar-refractivity contribution in [2.75, 3.05) is 11.1 Å². The van der Waals surface area contributed by atoms with Gasteiger partial charge in [-0.05, 0) is 53.2 Å². The van der Waals surface area contributed by atoms with Crippen molar-refractivity contribution < 1.29 is 4.79 Å². The zero-order chi connectivity index (χ0) is 14.0. The fourth-order valence-corrected chi connectivity index (χ4v) is 2.32. The van der Waals surface area contributed by atoms with E-state index in [1.165, 1.54) is 0 Å². The molecular formula is C13H11Br2N3O. The molecule has 0 saturated heterocycles. The van der Waals surface area contributed by atoms with Gasteiger partial charge in [-0.1, -0.05) is 15.9 Å². The lowest BCUT2D eigenvalue weighted by Crippen LogP contribution is -2.13. The number of benzene rings is 1. The summed E-state index contributed by atoms with van der Waals surface area (Å²) >= 11 is 6.75. The Kier molecular flexibility index (Phi) is 4.21. The van der Waals surface area contributed by atoms with Crippen molar-refractivity contribution in [3.63, 3.8) is 0 Å². The molecule has 98 valence electrons. The van der Waals surface area contributed by atoms with E-state index in [0.717, 1.165) is 8.95 Å². The minimum absolute atomic E-state index is 0.226. The second-order valence-corrected chi connectivity index (χ2v) is 5.77. The number of anilines is 2. The van der Waals surface area contributed by atoms with E-state index < -0.39 is 0 Å². The maximum atomic E-state index is 12.2. The van der Waals surface area contributed by atoms with Gasteiger partial charge in [0.2, 0.25) is 0 Å². The number of halogens is 2. The predicted molar refractivity (Wildman–Crippen MR) is 83.2 cm³/mol. The van der Waals surface area contributed by atoms with Gasteiger partial charge in [0, 0.05) is 20.2 Å². The minimum atomic E-state index is -0.226. The lowest BCUT2D eigenvalue weighted by atomic mass is 10.2. The van der Waals surface area contributed by atoms with Gasteiger partial charge in [-0.3, -0.25) is 4.79 Å². The van der Waals surface area contributed by atoms with Gasteiger partial charge in [-0.2, -0.15) is 0 Å². The number of rotatable bonds is 2. The zero-order valence-corrected chi connectivity index (χ0v) is 13.2. The fourth-order valence-electron chi connectivity index (χ4n) is 1.61. The summed E-state index contributed by atoms with van der Waals surface area (Å²) < 4.78 is 1.69. The highest BCUT2D eigenvalue weighted by molar-refractivity contribution is 9.11. The van der Waals surface area contributed by atoms with Crippen molar-refractivity contribution >= 4 is 49.3 Å². The van der Waals surface area contributed by atoms with Crippen LogP contribution in [-0.2, 0) is 0 Å². The molecule has 0 aliphatic rings. The number of nitrogens with one attached hydrogen (secondary N) is 1. The summed E-state index contributed by atoms with van der Waals surface area (Å²) in [5, 5.41) is 2.82. The Morgan fingerprint density at radius 3 is 2.68 bits per heavy atom. The van der Waals surface area contributed by atoms with Crippen molar-refractivity contribution in [1.29, 1.82) is 0 Å². The quantitative estimate of drug-likeness (QED) is 0.828. The molecule has 0 atom stereocenters. The number of hydrogen-bond donors (Lipinski definition) is 2. The van der Waals surface area contributed by atoms with Gasteiger partial charge < -0.3 is 11.1 Å². The molecule has 6 heteroatoms. The molecule has 1 heterocycles. The van der Waals surface area contributed by atoms with Gasteiger partial charge in [0.1, 0.15) is 5.82 Å². The molecule has 0 saturated carbocycles. The number of aryl methyl sites for hydroxylation is 1. The Bertz CT molecular complexity index is 624. The van der Waals surface area contributed by atoms with Crippen LogP contribution in [0.2, 0.25) is 0 Å². The van der Waals surface area contributed by atoms with Gasteiger partial charge in [-0.25, -0.2) is 4.98 Å². The Morgan fingerprint density at radius 1 is 1.26 bits per heavy atom. The van der Waals surface area contributed by atoms with Crippen LogP contribution in [0, 0.1) is 6.92 Å². The third-order valence-corrected chi connectivity index (χ3v) is 3.60. The number of aromatic nitrogens is 1. The van der Waals surface area contributed by atoms with Crippen molar-refractivity contribution in [3.8, 4) is 0 Å². The first kappa shape index (κ1) is 14.0. The van der Waals surface area contributed by atoms with E-state index >= 15 is 0 Å². The number of pyridine rings is 1. The monoisotopic (exact) mass is 383 g/mol. The summed E-state index contributed by atoms with van der Waals surface area (Å²) in [7, 11) is 0.